The van der Waals surface area contributed by atoms with Crippen LogP contribution in [0.3, 0.4) is 0 Å². The molecular formula is C24H22ClNO8. The molecule has 1 aliphatic heterocycles. The van der Waals surface area contributed by atoms with Gasteiger partial charge in [0.25, 0.3) is 0 Å². The van der Waals surface area contributed by atoms with Gasteiger partial charge in [-0.05, 0) is 18.6 Å². The van der Waals surface area contributed by atoms with Crippen molar-refractivity contribution < 1.29 is 38.4 Å². The number of aliphatic carboxylic acids is 1. The number of methoxy groups -OCH3 is 2. The van der Waals surface area contributed by atoms with Crippen molar-refractivity contribution in [2.45, 2.75) is 18.9 Å². The van der Waals surface area contributed by atoms with Gasteiger partial charge in [0.1, 0.15) is 27.8 Å². The van der Waals surface area contributed by atoms with Crippen molar-refractivity contribution in [3.63, 3.8) is 0 Å². The quantitative estimate of drug-likeness (QED) is 0.562. The molecular weight excluding hydrogens is 466 g/mol. The van der Waals surface area contributed by atoms with Gasteiger partial charge in [-0.25, -0.2) is 4.79 Å². The van der Waals surface area contributed by atoms with Crippen molar-refractivity contribution in [3.05, 3.63) is 52.7 Å². The molecule has 1 spiro atoms. The molecule has 0 radical (unpaired) electrons. The Morgan fingerprint density at radius 1 is 1.24 bits per heavy atom. The first-order valence-corrected chi connectivity index (χ1v) is 10.7. The number of benzene rings is 2. The third kappa shape index (κ3) is 3.81. The van der Waals surface area contributed by atoms with Crippen LogP contribution in [0.4, 0.5) is 5.69 Å². The van der Waals surface area contributed by atoms with E-state index in [2.05, 4.69) is 5.32 Å². The third-order valence-electron chi connectivity index (χ3n) is 5.81. The fraction of sp³-hybridized carbons (Fsp3) is 0.292. The van der Waals surface area contributed by atoms with Gasteiger partial charge in [0.15, 0.2) is 12.4 Å². The summed E-state index contributed by atoms with van der Waals surface area (Å²) >= 11 is 6.40. The lowest BCUT2D eigenvalue weighted by molar-refractivity contribution is -0.139. The number of fused-ring (bicyclic) bond motifs is 1. The number of carboxylic acid groups (broad SMARTS) is 1. The van der Waals surface area contributed by atoms with Crippen molar-refractivity contribution >= 4 is 34.8 Å². The highest BCUT2D eigenvalue weighted by Crippen LogP contribution is 2.53. The molecule has 2 unspecified atom stereocenters. The van der Waals surface area contributed by atoms with Gasteiger partial charge in [-0.1, -0.05) is 24.6 Å². The van der Waals surface area contributed by atoms with Crippen molar-refractivity contribution in [3.8, 4) is 23.0 Å². The Morgan fingerprint density at radius 2 is 1.97 bits per heavy atom. The topological polar surface area (TPSA) is 120 Å². The first-order chi connectivity index (χ1) is 16.2. The minimum atomic E-state index is -1.76. The summed E-state index contributed by atoms with van der Waals surface area (Å²) < 4.78 is 21.8. The highest BCUT2D eigenvalue weighted by atomic mass is 35.5. The second-order valence-electron chi connectivity index (χ2n) is 7.94. The van der Waals surface area contributed by atoms with E-state index in [1.165, 1.54) is 26.4 Å². The van der Waals surface area contributed by atoms with Crippen LogP contribution in [0.15, 0.2) is 42.1 Å². The van der Waals surface area contributed by atoms with Crippen molar-refractivity contribution in [1.82, 2.24) is 0 Å². The van der Waals surface area contributed by atoms with Gasteiger partial charge in [-0.2, -0.15) is 0 Å². The Morgan fingerprint density at radius 3 is 2.62 bits per heavy atom. The first kappa shape index (κ1) is 23.4. The molecule has 9 nitrogen and oxygen atoms in total. The zero-order valence-electron chi connectivity index (χ0n) is 18.6. The SMILES string of the molecule is COc1cc(OC)c2c(c1Cl)OC1(C(=O)C=C(Nc3cccc(OCC(=O)O)c3)CC1C)C2=O. The van der Waals surface area contributed by atoms with Gasteiger partial charge in [0, 0.05) is 35.5 Å². The summed E-state index contributed by atoms with van der Waals surface area (Å²) in [4.78, 5) is 37.6. The summed E-state index contributed by atoms with van der Waals surface area (Å²) in [5.41, 5.74) is -0.479. The van der Waals surface area contributed by atoms with Gasteiger partial charge in [-0.3, -0.25) is 9.59 Å². The maximum atomic E-state index is 13.5. The van der Waals surface area contributed by atoms with E-state index >= 15 is 0 Å². The fourth-order valence-electron chi connectivity index (χ4n) is 4.21. The maximum absolute atomic E-state index is 13.5. The van der Waals surface area contributed by atoms with E-state index in [1.807, 2.05) is 0 Å². The molecule has 0 saturated heterocycles. The Bertz CT molecular complexity index is 1220. The van der Waals surface area contributed by atoms with Gasteiger partial charge in [-0.15, -0.1) is 0 Å². The summed E-state index contributed by atoms with van der Waals surface area (Å²) in [5, 5.41) is 12.0. The van der Waals surface area contributed by atoms with Crippen LogP contribution in [0.1, 0.15) is 23.7 Å². The average Bonchev–Trinajstić information content (AvgIpc) is 3.12. The van der Waals surface area contributed by atoms with E-state index in [9.17, 15) is 14.4 Å². The smallest absolute Gasteiger partial charge is 0.341 e. The molecule has 0 aromatic heterocycles. The zero-order chi connectivity index (χ0) is 24.6. The number of ether oxygens (including phenoxy) is 4. The van der Waals surface area contributed by atoms with E-state index in [0.29, 0.717) is 23.6 Å². The van der Waals surface area contributed by atoms with E-state index < -0.39 is 35.7 Å². The highest BCUT2D eigenvalue weighted by Gasteiger charge is 2.60. The average molecular weight is 488 g/mol. The number of ketones is 2. The number of carboxylic acids is 1. The molecule has 178 valence electrons. The Labute approximate surface area is 200 Å². The standard InChI is InChI=1S/C24H22ClNO8/c1-12-7-14(26-13-5-4-6-15(8-13)33-11-19(28)29)9-18(27)24(12)23(30)20-16(31-2)10-17(32-3)21(25)22(20)34-24/h4-6,8-10,12,26H,7,11H2,1-3H3,(H,28,29). The second kappa shape index (κ2) is 8.90. The van der Waals surface area contributed by atoms with Gasteiger partial charge in [0.2, 0.25) is 17.2 Å². The molecule has 0 amide bonds. The number of hydrogen-bond acceptors (Lipinski definition) is 8. The Balaban J connectivity index is 1.63. The lowest BCUT2D eigenvalue weighted by atomic mass is 9.74. The number of rotatable bonds is 7. The number of carbonyl (C=O) groups excluding carboxylic acids is 2. The van der Waals surface area contributed by atoms with Gasteiger partial charge < -0.3 is 29.4 Å². The minimum absolute atomic E-state index is 0.0659. The number of carbonyl (C=O) groups is 3. The number of hydrogen-bond donors (Lipinski definition) is 2. The van der Waals surface area contributed by atoms with Crippen LogP contribution in [-0.4, -0.2) is 49.1 Å². The highest BCUT2D eigenvalue weighted by molar-refractivity contribution is 6.36. The molecule has 2 atom stereocenters. The van der Waals surface area contributed by atoms with Crippen LogP contribution in [0.2, 0.25) is 5.02 Å². The first-order valence-electron chi connectivity index (χ1n) is 10.4. The summed E-state index contributed by atoms with van der Waals surface area (Å²) in [6.07, 6.45) is 1.66. The van der Waals surface area contributed by atoms with Crippen LogP contribution in [0, 0.1) is 5.92 Å². The molecule has 2 N–H and O–H groups in total. The third-order valence-corrected chi connectivity index (χ3v) is 6.17. The Hall–Kier alpha value is -3.72. The lowest BCUT2D eigenvalue weighted by Gasteiger charge is -2.35. The van der Waals surface area contributed by atoms with Gasteiger partial charge >= 0.3 is 5.97 Å². The number of Topliss-reactive ketones (excluding diaryl/α,β-unsaturated/α-hetero) is 1. The van der Waals surface area contributed by atoms with Crippen LogP contribution >= 0.6 is 11.6 Å². The largest absolute Gasteiger partial charge is 0.496 e. The van der Waals surface area contributed by atoms with Crippen LogP contribution in [0.25, 0.3) is 0 Å². The molecule has 2 aliphatic rings. The predicted molar refractivity (Wildman–Crippen MR) is 122 cm³/mol. The summed E-state index contributed by atoms with van der Waals surface area (Å²) in [5.74, 6) is -1.76. The molecule has 0 fully saturated rings. The number of anilines is 1. The van der Waals surface area contributed by atoms with Gasteiger partial charge in [0.05, 0.1) is 14.2 Å². The van der Waals surface area contributed by atoms with E-state index in [-0.39, 0.29) is 27.8 Å². The zero-order valence-corrected chi connectivity index (χ0v) is 19.4. The summed E-state index contributed by atoms with van der Waals surface area (Å²) in [6, 6.07) is 8.17. The molecule has 1 aliphatic carbocycles. The molecule has 34 heavy (non-hydrogen) atoms. The minimum Gasteiger partial charge on any atom is -0.496 e. The van der Waals surface area contributed by atoms with Crippen molar-refractivity contribution in [2.75, 3.05) is 26.1 Å². The fourth-order valence-corrected chi connectivity index (χ4v) is 4.47. The molecule has 4 rings (SSSR count). The molecule has 0 saturated carbocycles. The monoisotopic (exact) mass is 487 g/mol. The number of allylic oxidation sites excluding steroid dienone is 1. The molecule has 0 bridgehead atoms. The molecule has 1 heterocycles. The number of nitrogens with one attached hydrogen (secondary N) is 1. The summed E-state index contributed by atoms with van der Waals surface area (Å²) in [7, 11) is 2.83. The van der Waals surface area contributed by atoms with E-state index in [0.717, 1.165) is 0 Å². The summed E-state index contributed by atoms with van der Waals surface area (Å²) in [6.45, 7) is 1.28. The maximum Gasteiger partial charge on any atom is 0.341 e. The van der Waals surface area contributed by atoms with E-state index in [4.69, 9.17) is 35.7 Å². The van der Waals surface area contributed by atoms with Crippen molar-refractivity contribution in [1.29, 1.82) is 0 Å². The molecule has 2 aromatic rings. The molecule has 10 heteroatoms. The normalized spacial score (nSPS) is 20.9. The van der Waals surface area contributed by atoms with Crippen molar-refractivity contribution in [2.24, 2.45) is 5.92 Å². The van der Waals surface area contributed by atoms with Crippen LogP contribution in [0.5, 0.6) is 23.0 Å². The molecule has 2 aromatic carbocycles. The lowest BCUT2D eigenvalue weighted by Crippen LogP contribution is -2.55. The van der Waals surface area contributed by atoms with Crippen LogP contribution < -0.4 is 24.3 Å². The Kier molecular flexibility index (Phi) is 6.14. The van der Waals surface area contributed by atoms with Crippen LogP contribution in [-0.2, 0) is 9.59 Å². The predicted octanol–water partition coefficient (Wildman–Crippen LogP) is 3.74. The van der Waals surface area contributed by atoms with E-state index in [1.54, 1.807) is 31.2 Å². The number of halogens is 1. The second-order valence-corrected chi connectivity index (χ2v) is 8.32.